The van der Waals surface area contributed by atoms with Crippen LogP contribution in [0.5, 0.6) is 5.75 Å². The molecule has 1 N–H and O–H groups in total. The molecular weight excluding hydrogens is 454 g/mol. The number of rotatable bonds is 10. The highest BCUT2D eigenvalue weighted by Gasteiger charge is 2.30. The maximum Gasteiger partial charge on any atom is 0.243 e. The average Bonchev–Trinajstić information content (AvgIpc) is 2.77. The number of likely N-dealkylation sites (N-methyl/N-ethyl adjacent to an activating group) is 2. The van der Waals surface area contributed by atoms with E-state index in [1.807, 2.05) is 0 Å². The number of carbonyl (C=O) groups excluding carboxylic acids is 2. The van der Waals surface area contributed by atoms with Crippen molar-refractivity contribution in [1.82, 2.24) is 14.5 Å². The van der Waals surface area contributed by atoms with Crippen LogP contribution in [0.4, 0.5) is 0 Å². The number of nitrogens with one attached hydrogen (secondary N) is 1. The van der Waals surface area contributed by atoms with Crippen LogP contribution >= 0.6 is 11.6 Å². The molecule has 1 atom stereocenters. The highest BCUT2D eigenvalue weighted by atomic mass is 35.5. The molecule has 0 aliphatic carbocycles. The largest absolute Gasteiger partial charge is 0.497 e. The molecular formula is C22H28ClN3O5S. The van der Waals surface area contributed by atoms with Gasteiger partial charge in [0.05, 0.1) is 18.6 Å². The molecule has 2 aromatic carbocycles. The molecule has 10 heteroatoms. The molecule has 0 aromatic heterocycles. The number of methoxy groups -OCH3 is 1. The lowest BCUT2D eigenvalue weighted by atomic mass is 10.1. The molecule has 8 nitrogen and oxygen atoms in total. The minimum atomic E-state index is -3.92. The average molecular weight is 482 g/mol. The summed E-state index contributed by atoms with van der Waals surface area (Å²) in [6.45, 7) is 3.49. The third kappa shape index (κ3) is 6.44. The quantitative estimate of drug-likeness (QED) is 0.562. The van der Waals surface area contributed by atoms with Gasteiger partial charge in [-0.1, -0.05) is 23.7 Å². The second-order valence-electron chi connectivity index (χ2n) is 7.16. The molecule has 0 radical (unpaired) electrons. The molecule has 0 bridgehead atoms. The maximum absolute atomic E-state index is 13.2. The van der Waals surface area contributed by atoms with Gasteiger partial charge in [-0.25, -0.2) is 8.42 Å². The van der Waals surface area contributed by atoms with Gasteiger partial charge in [-0.05, 0) is 55.8 Å². The van der Waals surface area contributed by atoms with Crippen LogP contribution in [0.3, 0.4) is 0 Å². The third-order valence-corrected chi connectivity index (χ3v) is 6.95. The van der Waals surface area contributed by atoms with E-state index in [4.69, 9.17) is 16.3 Å². The monoisotopic (exact) mass is 481 g/mol. The van der Waals surface area contributed by atoms with Gasteiger partial charge in [-0.3, -0.25) is 9.59 Å². The number of benzene rings is 2. The van der Waals surface area contributed by atoms with Gasteiger partial charge in [0.1, 0.15) is 11.8 Å². The number of sulfonamides is 1. The molecule has 174 valence electrons. The number of hydrogen-bond acceptors (Lipinski definition) is 5. The van der Waals surface area contributed by atoms with Crippen LogP contribution in [-0.4, -0.2) is 62.7 Å². The molecule has 2 rings (SSSR count). The molecule has 0 saturated heterocycles. The number of nitrogens with zero attached hydrogens (tertiary/aromatic N) is 2. The van der Waals surface area contributed by atoms with Gasteiger partial charge in [-0.15, -0.1) is 0 Å². The maximum atomic E-state index is 13.2. The van der Waals surface area contributed by atoms with Crippen LogP contribution in [0, 0.1) is 0 Å². The van der Waals surface area contributed by atoms with E-state index in [0.717, 1.165) is 9.87 Å². The first-order chi connectivity index (χ1) is 15.1. The van der Waals surface area contributed by atoms with Crippen LogP contribution < -0.4 is 10.1 Å². The topological polar surface area (TPSA) is 96.0 Å². The smallest absolute Gasteiger partial charge is 0.243 e. The van der Waals surface area contributed by atoms with E-state index in [1.165, 1.54) is 43.3 Å². The molecule has 0 spiro atoms. The fourth-order valence-electron chi connectivity index (χ4n) is 3.02. The Morgan fingerprint density at radius 2 is 1.81 bits per heavy atom. The van der Waals surface area contributed by atoms with Gasteiger partial charge in [0.15, 0.2) is 0 Å². The van der Waals surface area contributed by atoms with Gasteiger partial charge >= 0.3 is 0 Å². The zero-order valence-corrected chi connectivity index (χ0v) is 20.1. The standard InChI is InChI=1S/C22H28ClN3O5S/c1-5-24-22(28)16(2)26(14-17-7-6-8-19(13-17)31-4)21(27)15-25(3)32(29,30)20-11-9-18(23)10-12-20/h6-13,16H,5,14-15H2,1-4H3,(H,24,28)/t16-/m0/s1. The summed E-state index contributed by atoms with van der Waals surface area (Å²) in [5.74, 6) is -0.221. The molecule has 0 fully saturated rings. The number of amides is 2. The van der Waals surface area contributed by atoms with Crippen LogP contribution in [-0.2, 0) is 26.2 Å². The third-order valence-electron chi connectivity index (χ3n) is 4.89. The summed E-state index contributed by atoms with van der Waals surface area (Å²) in [6, 6.07) is 12.0. The summed E-state index contributed by atoms with van der Waals surface area (Å²) >= 11 is 5.84. The molecule has 0 heterocycles. The van der Waals surface area contributed by atoms with Crippen molar-refractivity contribution < 1.29 is 22.7 Å². The number of carbonyl (C=O) groups is 2. The Bertz CT molecular complexity index is 1040. The van der Waals surface area contributed by atoms with E-state index < -0.39 is 28.5 Å². The van der Waals surface area contributed by atoms with E-state index in [0.29, 0.717) is 17.3 Å². The Balaban J connectivity index is 2.27. The fourth-order valence-corrected chi connectivity index (χ4v) is 4.27. The molecule has 0 aliphatic heterocycles. The second-order valence-corrected chi connectivity index (χ2v) is 9.64. The zero-order valence-electron chi connectivity index (χ0n) is 18.5. The van der Waals surface area contributed by atoms with E-state index >= 15 is 0 Å². The Hall–Kier alpha value is -2.62. The first kappa shape index (κ1) is 25.6. The minimum absolute atomic E-state index is 0.0216. The van der Waals surface area contributed by atoms with Crippen molar-refractivity contribution in [3.8, 4) is 5.75 Å². The van der Waals surface area contributed by atoms with E-state index in [-0.39, 0.29) is 17.3 Å². The lowest BCUT2D eigenvalue weighted by molar-refractivity contribution is -0.140. The Morgan fingerprint density at radius 1 is 1.16 bits per heavy atom. The lowest BCUT2D eigenvalue weighted by Gasteiger charge is -2.30. The lowest BCUT2D eigenvalue weighted by Crippen LogP contribution is -2.50. The fraction of sp³-hybridized carbons (Fsp3) is 0.364. The first-order valence-electron chi connectivity index (χ1n) is 10.0. The van der Waals surface area contributed by atoms with Gasteiger partial charge in [0.25, 0.3) is 0 Å². The normalized spacial score (nSPS) is 12.3. The van der Waals surface area contributed by atoms with E-state index in [2.05, 4.69) is 5.32 Å². The number of hydrogen-bond donors (Lipinski definition) is 1. The molecule has 2 amide bonds. The van der Waals surface area contributed by atoms with Crippen LogP contribution in [0.15, 0.2) is 53.4 Å². The summed E-state index contributed by atoms with van der Waals surface area (Å²) in [4.78, 5) is 27.0. The van der Waals surface area contributed by atoms with Crippen molar-refractivity contribution in [2.75, 3.05) is 27.2 Å². The van der Waals surface area contributed by atoms with Crippen molar-refractivity contribution in [2.24, 2.45) is 0 Å². The first-order valence-corrected chi connectivity index (χ1v) is 11.8. The second kappa shape index (κ2) is 11.3. The number of halogens is 1. The summed E-state index contributed by atoms with van der Waals surface area (Å²) in [5, 5.41) is 3.11. The SMILES string of the molecule is CCNC(=O)[C@H](C)N(Cc1cccc(OC)c1)C(=O)CN(C)S(=O)(=O)c1ccc(Cl)cc1. The van der Waals surface area contributed by atoms with Crippen LogP contribution in [0.2, 0.25) is 5.02 Å². The van der Waals surface area contributed by atoms with Gasteiger partial charge in [0, 0.05) is 25.2 Å². The molecule has 0 unspecified atom stereocenters. The summed E-state index contributed by atoms with van der Waals surface area (Å²) in [7, 11) is -1.06. The Labute approximate surface area is 194 Å². The Kier molecular flexibility index (Phi) is 9.06. The van der Waals surface area contributed by atoms with Crippen molar-refractivity contribution in [3.63, 3.8) is 0 Å². The van der Waals surface area contributed by atoms with E-state index in [1.54, 1.807) is 38.1 Å². The van der Waals surface area contributed by atoms with Gasteiger partial charge in [0.2, 0.25) is 21.8 Å². The van der Waals surface area contributed by atoms with Gasteiger partial charge in [-0.2, -0.15) is 4.31 Å². The number of ether oxygens (including phenoxy) is 1. The van der Waals surface area contributed by atoms with Crippen molar-refractivity contribution >= 4 is 33.4 Å². The highest BCUT2D eigenvalue weighted by molar-refractivity contribution is 7.89. The van der Waals surface area contributed by atoms with Crippen molar-refractivity contribution in [2.45, 2.75) is 31.3 Å². The van der Waals surface area contributed by atoms with Gasteiger partial charge < -0.3 is 15.0 Å². The molecule has 2 aromatic rings. The van der Waals surface area contributed by atoms with E-state index in [9.17, 15) is 18.0 Å². The van der Waals surface area contributed by atoms with Crippen LogP contribution in [0.1, 0.15) is 19.4 Å². The summed E-state index contributed by atoms with van der Waals surface area (Å²) < 4.78 is 31.9. The molecule has 0 saturated carbocycles. The highest BCUT2D eigenvalue weighted by Crippen LogP contribution is 2.19. The predicted octanol–water partition coefficient (Wildman–Crippen LogP) is 2.52. The van der Waals surface area contributed by atoms with Crippen LogP contribution in [0.25, 0.3) is 0 Å². The van der Waals surface area contributed by atoms with Crippen molar-refractivity contribution in [1.29, 1.82) is 0 Å². The van der Waals surface area contributed by atoms with Crippen molar-refractivity contribution in [3.05, 3.63) is 59.1 Å². The zero-order chi connectivity index (χ0) is 23.9. The summed E-state index contributed by atoms with van der Waals surface area (Å²) in [6.07, 6.45) is 0. The summed E-state index contributed by atoms with van der Waals surface area (Å²) in [5.41, 5.74) is 0.747. The molecule has 0 aliphatic rings. The molecule has 32 heavy (non-hydrogen) atoms. The minimum Gasteiger partial charge on any atom is -0.497 e. The predicted molar refractivity (Wildman–Crippen MR) is 123 cm³/mol. The Morgan fingerprint density at radius 3 is 2.41 bits per heavy atom.